The van der Waals surface area contributed by atoms with Crippen LogP contribution in [0.4, 0.5) is 0 Å². The van der Waals surface area contributed by atoms with Gasteiger partial charge >= 0.3 is 0 Å². The Labute approximate surface area is 198 Å². The second-order valence-electron chi connectivity index (χ2n) is 7.62. The van der Waals surface area contributed by atoms with Crippen molar-refractivity contribution in [2.24, 2.45) is 5.10 Å². The van der Waals surface area contributed by atoms with Crippen molar-refractivity contribution in [3.05, 3.63) is 70.3 Å². The fourth-order valence-corrected chi connectivity index (χ4v) is 2.53. The van der Waals surface area contributed by atoms with E-state index in [1.807, 2.05) is 13.8 Å². The maximum Gasteiger partial charge on any atom is 0.0930 e. The van der Waals surface area contributed by atoms with Crippen LogP contribution in [0.2, 0.25) is 0 Å². The predicted octanol–water partition coefficient (Wildman–Crippen LogP) is 8.61. The first kappa shape index (κ1) is 31.2. The Hall–Kier alpha value is -2.00. The molecule has 0 unspecified atom stereocenters. The van der Waals surface area contributed by atoms with Crippen molar-refractivity contribution in [2.75, 3.05) is 0 Å². The monoisotopic (exact) mass is 442 g/mol. The first-order valence-electron chi connectivity index (χ1n) is 11.7. The van der Waals surface area contributed by atoms with Crippen molar-refractivity contribution in [2.45, 2.75) is 94.9 Å². The molecule has 0 fully saturated rings. The highest BCUT2D eigenvalue weighted by Gasteiger charge is 1.98. The number of benzene rings is 2. The van der Waals surface area contributed by atoms with E-state index in [2.05, 4.69) is 108 Å². The third-order valence-electron chi connectivity index (χ3n) is 4.01. The molecular weight excluding hydrogens is 396 g/mol. The summed E-state index contributed by atoms with van der Waals surface area (Å²) in [6.07, 6.45) is 4.69. The lowest BCUT2D eigenvalue weighted by atomic mass is 10.0. The Bertz CT molecular complexity index is 761. The summed E-state index contributed by atoms with van der Waals surface area (Å²) in [7, 11) is 0. The highest BCUT2D eigenvalue weighted by molar-refractivity contribution is 7.80. The molecule has 174 valence electrons. The summed E-state index contributed by atoms with van der Waals surface area (Å²) >= 11 is 4.89. The van der Waals surface area contributed by atoms with Crippen molar-refractivity contribution in [1.29, 1.82) is 0 Å². The van der Waals surface area contributed by atoms with Crippen LogP contribution in [0.1, 0.15) is 96.0 Å². The smallest absolute Gasteiger partial charge is 0.0930 e. The Morgan fingerprint density at radius 1 is 0.839 bits per heavy atom. The first-order chi connectivity index (χ1) is 14.7. The molecule has 31 heavy (non-hydrogen) atoms. The van der Waals surface area contributed by atoms with Gasteiger partial charge in [0.25, 0.3) is 0 Å². The molecule has 3 heteroatoms. The van der Waals surface area contributed by atoms with E-state index in [0.29, 0.717) is 4.99 Å². The van der Waals surface area contributed by atoms with Gasteiger partial charge in [-0.15, -0.1) is 0 Å². The lowest BCUT2D eigenvalue weighted by molar-refractivity contribution is 1.03. The summed E-state index contributed by atoms with van der Waals surface area (Å²) in [5, 5.41) is 4.19. The fraction of sp³-hybridized carbons (Fsp3) is 0.500. The molecule has 0 aromatic heterocycles. The van der Waals surface area contributed by atoms with Gasteiger partial charge in [-0.3, -0.25) is 5.43 Å². The van der Waals surface area contributed by atoms with E-state index < -0.39 is 0 Å². The van der Waals surface area contributed by atoms with Crippen LogP contribution in [0.5, 0.6) is 0 Å². The van der Waals surface area contributed by atoms with Gasteiger partial charge in [-0.2, -0.15) is 5.10 Å². The normalized spacial score (nSPS) is 9.81. The number of rotatable bonds is 4. The van der Waals surface area contributed by atoms with Gasteiger partial charge in [-0.05, 0) is 68.9 Å². The zero-order valence-corrected chi connectivity index (χ0v) is 22.5. The van der Waals surface area contributed by atoms with Gasteiger partial charge in [0.15, 0.2) is 0 Å². The Morgan fingerprint density at radius 2 is 1.42 bits per heavy atom. The topological polar surface area (TPSA) is 24.4 Å². The summed E-state index contributed by atoms with van der Waals surface area (Å²) in [6.45, 7) is 20.9. The second-order valence-corrected chi connectivity index (χ2v) is 8.23. The maximum atomic E-state index is 4.89. The fourth-order valence-electron chi connectivity index (χ4n) is 2.49. The quantitative estimate of drug-likeness (QED) is 0.291. The molecule has 1 N–H and O–H groups in total. The molecule has 0 saturated heterocycles. The van der Waals surface area contributed by atoms with Gasteiger partial charge in [0.05, 0.1) is 10.7 Å². The number of hydrogen-bond acceptors (Lipinski definition) is 2. The van der Waals surface area contributed by atoms with Crippen molar-refractivity contribution >= 4 is 22.9 Å². The minimum Gasteiger partial charge on any atom is -0.272 e. The summed E-state index contributed by atoms with van der Waals surface area (Å²) in [4.78, 5) is 0.681. The number of hydrogen-bond donors (Lipinski definition) is 1. The number of nitrogens with one attached hydrogen (secondary N) is 1. The summed E-state index contributed by atoms with van der Waals surface area (Å²) in [5.74, 6) is 0. The molecule has 2 rings (SSSR count). The van der Waals surface area contributed by atoms with E-state index >= 15 is 0 Å². The van der Waals surface area contributed by atoms with Gasteiger partial charge in [-0.25, -0.2) is 0 Å². The first-order valence-corrected chi connectivity index (χ1v) is 12.1. The standard InChI is InChI=1S/C12H16N2S.C10H14.2C3H8/c1-4-11-6-5-7-12(8-11)9(2)13-14-10(3)15;1-4-10-6-5-8(2)7-9(10)3;2*1-3-2/h5-8H,4H2,1-3H3,(H,14,15);5-7H,4H2,1-3H3;2*3H2,1-2H3/b13-9+;;;. The minimum absolute atomic E-state index is 0.681. The van der Waals surface area contributed by atoms with Crippen LogP contribution >= 0.6 is 12.2 Å². The molecule has 0 atom stereocenters. The molecule has 2 aromatic carbocycles. The van der Waals surface area contributed by atoms with Crippen molar-refractivity contribution in [3.63, 3.8) is 0 Å². The average molecular weight is 443 g/mol. The predicted molar refractivity (Wildman–Crippen MR) is 147 cm³/mol. The highest BCUT2D eigenvalue weighted by atomic mass is 32.1. The van der Waals surface area contributed by atoms with Crippen LogP contribution in [0.25, 0.3) is 0 Å². The molecule has 0 radical (unpaired) electrons. The Kier molecular flexibility index (Phi) is 20.1. The Balaban J connectivity index is 0. The van der Waals surface area contributed by atoms with E-state index in [-0.39, 0.29) is 0 Å². The highest BCUT2D eigenvalue weighted by Crippen LogP contribution is 2.10. The third-order valence-corrected chi connectivity index (χ3v) is 4.10. The molecule has 0 bridgehead atoms. The van der Waals surface area contributed by atoms with Crippen LogP contribution in [0.3, 0.4) is 0 Å². The third kappa shape index (κ3) is 16.4. The average Bonchev–Trinajstić information content (AvgIpc) is 2.74. The zero-order chi connectivity index (χ0) is 24.2. The molecule has 0 aliphatic carbocycles. The van der Waals surface area contributed by atoms with Crippen LogP contribution < -0.4 is 5.43 Å². The largest absolute Gasteiger partial charge is 0.272 e. The van der Waals surface area contributed by atoms with Crippen LogP contribution in [0, 0.1) is 13.8 Å². The van der Waals surface area contributed by atoms with E-state index in [1.165, 1.54) is 35.1 Å². The van der Waals surface area contributed by atoms with Crippen molar-refractivity contribution in [1.82, 2.24) is 5.43 Å². The lowest BCUT2D eigenvalue weighted by Crippen LogP contribution is -2.13. The van der Waals surface area contributed by atoms with Gasteiger partial charge in [0, 0.05) is 0 Å². The second kappa shape index (κ2) is 19.9. The van der Waals surface area contributed by atoms with Gasteiger partial charge in [0.2, 0.25) is 0 Å². The molecule has 0 heterocycles. The van der Waals surface area contributed by atoms with E-state index in [9.17, 15) is 0 Å². The SMILES string of the molecule is CCC.CCC.CCc1ccc(C)cc1C.CCc1cccc(/C(C)=N/NC(C)=S)c1. The van der Waals surface area contributed by atoms with E-state index in [0.717, 1.165) is 24.1 Å². The van der Waals surface area contributed by atoms with Gasteiger partial charge < -0.3 is 0 Å². The van der Waals surface area contributed by atoms with Crippen molar-refractivity contribution < 1.29 is 0 Å². The van der Waals surface area contributed by atoms with Gasteiger partial charge in [0.1, 0.15) is 0 Å². The molecular formula is C28H46N2S. The summed E-state index contributed by atoms with van der Waals surface area (Å²) in [6, 6.07) is 15.0. The van der Waals surface area contributed by atoms with E-state index in [4.69, 9.17) is 12.2 Å². The van der Waals surface area contributed by atoms with Gasteiger partial charge in [-0.1, -0.05) is 109 Å². The molecule has 0 spiro atoms. The van der Waals surface area contributed by atoms with Crippen LogP contribution in [-0.4, -0.2) is 10.7 Å². The molecule has 2 aromatic rings. The van der Waals surface area contributed by atoms with Crippen LogP contribution in [0.15, 0.2) is 47.6 Å². The summed E-state index contributed by atoms with van der Waals surface area (Å²) in [5.41, 5.74) is 10.5. The number of thiocarbonyl (C=S) groups is 1. The summed E-state index contributed by atoms with van der Waals surface area (Å²) < 4.78 is 0. The number of hydrazone groups is 1. The zero-order valence-electron chi connectivity index (χ0n) is 21.7. The molecule has 0 amide bonds. The minimum atomic E-state index is 0.681. The van der Waals surface area contributed by atoms with E-state index in [1.54, 1.807) is 0 Å². The Morgan fingerprint density at radius 3 is 1.87 bits per heavy atom. The maximum absolute atomic E-state index is 4.89. The molecule has 0 aliphatic heterocycles. The lowest BCUT2D eigenvalue weighted by Gasteiger charge is -2.03. The van der Waals surface area contributed by atoms with Crippen LogP contribution in [-0.2, 0) is 12.8 Å². The van der Waals surface area contributed by atoms with Crippen molar-refractivity contribution in [3.8, 4) is 0 Å². The molecule has 0 aliphatic rings. The number of nitrogens with zero attached hydrogens (tertiary/aromatic N) is 1. The molecule has 2 nitrogen and oxygen atoms in total. The molecule has 0 saturated carbocycles. The number of aryl methyl sites for hydroxylation is 4.